The van der Waals surface area contributed by atoms with Gasteiger partial charge in [-0.1, -0.05) is 168 Å². The number of hydrogen-bond donors (Lipinski definition) is 2. The first-order valence-electron chi connectivity index (χ1n) is 22.2. The number of hydrogen-bond acceptors (Lipinski definition) is 5. The zero-order chi connectivity index (χ0) is 34.6. The van der Waals surface area contributed by atoms with Crippen LogP contribution in [0.4, 0.5) is 0 Å². The van der Waals surface area contributed by atoms with Crippen molar-refractivity contribution in [2.75, 3.05) is 72.0 Å². The van der Waals surface area contributed by atoms with E-state index in [4.69, 9.17) is 0 Å². The third-order valence-electron chi connectivity index (χ3n) is 10.9. The maximum absolute atomic E-state index is 11.1. The van der Waals surface area contributed by atoms with E-state index in [1.807, 2.05) is 0 Å². The predicted octanol–water partition coefficient (Wildman–Crippen LogP) is 10.8. The fourth-order valence-electron chi connectivity index (χ4n) is 7.50. The Morgan fingerprint density at radius 3 is 1.52 bits per heavy atom. The van der Waals surface area contributed by atoms with Crippen molar-refractivity contribution in [2.24, 2.45) is 0 Å². The van der Waals surface area contributed by atoms with Gasteiger partial charge in [-0.05, 0) is 58.3 Å². The summed E-state index contributed by atoms with van der Waals surface area (Å²) in [6.07, 6.45) is 37.9. The van der Waals surface area contributed by atoms with Gasteiger partial charge in [0, 0.05) is 45.8 Å². The van der Waals surface area contributed by atoms with Gasteiger partial charge in [0.1, 0.15) is 0 Å². The quantitative estimate of drug-likeness (QED) is 0.0636. The van der Waals surface area contributed by atoms with Crippen molar-refractivity contribution in [1.29, 1.82) is 0 Å². The summed E-state index contributed by atoms with van der Waals surface area (Å²) in [5.41, 5.74) is 0. The second kappa shape index (κ2) is 36.6. The van der Waals surface area contributed by atoms with Gasteiger partial charge in [0.05, 0.1) is 6.10 Å². The molecule has 1 saturated heterocycles. The minimum Gasteiger partial charge on any atom is -0.392 e. The van der Waals surface area contributed by atoms with Crippen LogP contribution in [0.15, 0.2) is 0 Å². The number of aliphatic hydroxyl groups excluding tert-OH is 1. The van der Waals surface area contributed by atoms with Crippen LogP contribution in [0.2, 0.25) is 0 Å². The van der Waals surface area contributed by atoms with Gasteiger partial charge in [-0.25, -0.2) is 0 Å². The maximum Gasteiger partial charge on any atom is 0.0667 e. The molecule has 0 aromatic rings. The molecule has 48 heavy (non-hydrogen) atoms. The molecule has 0 bridgehead atoms. The van der Waals surface area contributed by atoms with E-state index in [0.29, 0.717) is 0 Å². The predicted molar refractivity (Wildman–Crippen MR) is 214 cm³/mol. The molecule has 0 aromatic carbocycles. The van der Waals surface area contributed by atoms with Crippen molar-refractivity contribution in [2.45, 2.75) is 207 Å². The molecular formula is C43H90N4O. The molecule has 0 saturated carbocycles. The smallest absolute Gasteiger partial charge is 0.0667 e. The molecule has 1 heterocycles. The summed E-state index contributed by atoms with van der Waals surface area (Å²) in [6, 6.07) is 0. The van der Waals surface area contributed by atoms with Crippen molar-refractivity contribution in [1.82, 2.24) is 20.0 Å². The minimum absolute atomic E-state index is 0.180. The molecule has 0 aliphatic carbocycles. The first-order chi connectivity index (χ1) is 23.7. The van der Waals surface area contributed by atoms with Gasteiger partial charge >= 0.3 is 0 Å². The number of aliphatic hydroxyl groups is 1. The van der Waals surface area contributed by atoms with Gasteiger partial charge in [-0.15, -0.1) is 0 Å². The van der Waals surface area contributed by atoms with Crippen LogP contribution in [-0.4, -0.2) is 97.9 Å². The van der Waals surface area contributed by atoms with E-state index < -0.39 is 0 Å². The van der Waals surface area contributed by atoms with Crippen LogP contribution in [0, 0.1) is 0 Å². The van der Waals surface area contributed by atoms with Crippen LogP contribution in [0.1, 0.15) is 201 Å². The molecule has 288 valence electrons. The lowest BCUT2D eigenvalue weighted by molar-refractivity contribution is 0.0857. The Labute approximate surface area is 303 Å². The van der Waals surface area contributed by atoms with Crippen molar-refractivity contribution in [3.05, 3.63) is 0 Å². The van der Waals surface area contributed by atoms with E-state index in [-0.39, 0.29) is 6.10 Å². The number of likely N-dealkylation sites (tertiary alicyclic amines) is 1. The van der Waals surface area contributed by atoms with Crippen LogP contribution in [0.3, 0.4) is 0 Å². The highest BCUT2D eigenvalue weighted by Crippen LogP contribution is 2.14. The normalized spacial score (nSPS) is 14.9. The fraction of sp³-hybridized carbons (Fsp3) is 1.00. The van der Waals surface area contributed by atoms with Crippen molar-refractivity contribution < 1.29 is 5.11 Å². The molecule has 1 atom stereocenters. The molecule has 1 aliphatic heterocycles. The molecule has 2 N–H and O–H groups in total. The Hall–Kier alpha value is -0.200. The van der Waals surface area contributed by atoms with E-state index in [9.17, 15) is 5.11 Å². The zero-order valence-corrected chi connectivity index (χ0v) is 33.4. The number of rotatable bonds is 38. The van der Waals surface area contributed by atoms with E-state index in [0.717, 1.165) is 45.7 Å². The Kier molecular flexibility index (Phi) is 34.9. The maximum atomic E-state index is 11.1. The third-order valence-corrected chi connectivity index (χ3v) is 10.9. The molecule has 1 fully saturated rings. The second-order valence-electron chi connectivity index (χ2n) is 15.7. The summed E-state index contributed by atoms with van der Waals surface area (Å²) >= 11 is 0. The van der Waals surface area contributed by atoms with E-state index in [1.165, 1.54) is 206 Å². The lowest BCUT2D eigenvalue weighted by atomic mass is 10.1. The van der Waals surface area contributed by atoms with Gasteiger partial charge < -0.3 is 20.2 Å². The van der Waals surface area contributed by atoms with Crippen LogP contribution in [0.25, 0.3) is 0 Å². The summed E-state index contributed by atoms with van der Waals surface area (Å²) in [5, 5.41) is 14.9. The Morgan fingerprint density at radius 1 is 0.479 bits per heavy atom. The molecule has 5 nitrogen and oxygen atoms in total. The monoisotopic (exact) mass is 679 g/mol. The van der Waals surface area contributed by atoms with Crippen molar-refractivity contribution in [3.63, 3.8) is 0 Å². The highest BCUT2D eigenvalue weighted by atomic mass is 16.3. The van der Waals surface area contributed by atoms with Gasteiger partial charge in [-0.3, -0.25) is 4.90 Å². The Balaban J connectivity index is 2.50. The van der Waals surface area contributed by atoms with E-state index in [1.54, 1.807) is 0 Å². The molecule has 1 rings (SSSR count). The van der Waals surface area contributed by atoms with Gasteiger partial charge in [0.2, 0.25) is 0 Å². The molecular weight excluding hydrogens is 589 g/mol. The van der Waals surface area contributed by atoms with Gasteiger partial charge in [-0.2, -0.15) is 0 Å². The molecule has 0 spiro atoms. The number of nitrogens with one attached hydrogen (secondary N) is 1. The average Bonchev–Trinajstić information content (AvgIpc) is 3.10. The summed E-state index contributed by atoms with van der Waals surface area (Å²) in [5.74, 6) is 0. The van der Waals surface area contributed by atoms with Gasteiger partial charge in [0.15, 0.2) is 0 Å². The molecule has 0 aromatic heterocycles. The third kappa shape index (κ3) is 30.6. The second-order valence-corrected chi connectivity index (χ2v) is 15.7. The highest BCUT2D eigenvalue weighted by Gasteiger charge is 2.17. The first kappa shape index (κ1) is 45.8. The van der Waals surface area contributed by atoms with Crippen LogP contribution in [-0.2, 0) is 0 Å². The van der Waals surface area contributed by atoms with E-state index >= 15 is 0 Å². The van der Waals surface area contributed by atoms with Crippen LogP contribution < -0.4 is 5.32 Å². The summed E-state index contributed by atoms with van der Waals surface area (Å²) < 4.78 is 0. The molecule has 0 amide bonds. The minimum atomic E-state index is -0.180. The molecule has 0 radical (unpaired) electrons. The van der Waals surface area contributed by atoms with Crippen LogP contribution in [0.5, 0.6) is 0 Å². The zero-order valence-electron chi connectivity index (χ0n) is 33.4. The molecule has 1 unspecified atom stereocenters. The summed E-state index contributed by atoms with van der Waals surface area (Å²) in [4.78, 5) is 8.05. The summed E-state index contributed by atoms with van der Waals surface area (Å²) in [7, 11) is 0. The topological polar surface area (TPSA) is 42.0 Å². The first-order valence-corrected chi connectivity index (χ1v) is 22.2. The molecule has 5 heteroatoms. The molecule has 1 aliphatic rings. The summed E-state index contributed by atoms with van der Waals surface area (Å²) in [6.45, 7) is 19.5. The average molecular weight is 679 g/mol. The van der Waals surface area contributed by atoms with Crippen molar-refractivity contribution in [3.8, 4) is 0 Å². The number of unbranched alkanes of at least 4 members (excludes halogenated alkanes) is 21. The SMILES string of the molecule is CCCCCCCCCCNCCN(CCCCCCCCCC)CCN(CCN1CCCCC1)CC(O)CCCCCCCCCC. The lowest BCUT2D eigenvalue weighted by Crippen LogP contribution is -2.44. The van der Waals surface area contributed by atoms with Gasteiger partial charge in [0.25, 0.3) is 0 Å². The standard InChI is InChI=1S/C43H90N4O/c1-4-7-10-13-16-19-22-26-31-43(48)42-47(40-38-45-34-29-25-30-35-45)41-39-46(36-28-24-21-18-15-12-9-6-3)37-33-44-32-27-23-20-17-14-11-8-5-2/h43-44,48H,4-42H2,1-3H3. The Morgan fingerprint density at radius 2 is 0.958 bits per heavy atom. The fourth-order valence-corrected chi connectivity index (χ4v) is 7.50. The largest absolute Gasteiger partial charge is 0.392 e. The highest BCUT2D eigenvalue weighted by molar-refractivity contribution is 4.73. The number of nitrogens with zero attached hydrogens (tertiary/aromatic N) is 3. The lowest BCUT2D eigenvalue weighted by Gasteiger charge is -2.32. The van der Waals surface area contributed by atoms with E-state index in [2.05, 4.69) is 40.8 Å². The van der Waals surface area contributed by atoms with Crippen molar-refractivity contribution >= 4 is 0 Å². The van der Waals surface area contributed by atoms with Crippen LogP contribution >= 0.6 is 0 Å². The Bertz CT molecular complexity index is 614. The number of piperidine rings is 1.